The van der Waals surface area contributed by atoms with Gasteiger partial charge in [-0.25, -0.2) is 0 Å². The molecule has 10 heteroatoms. The molecule has 242 valence electrons. The molecule has 2 aliphatic heterocycles. The summed E-state index contributed by atoms with van der Waals surface area (Å²) in [5.41, 5.74) is -4.15. The van der Waals surface area contributed by atoms with Crippen molar-refractivity contribution in [2.75, 3.05) is 6.61 Å². The summed E-state index contributed by atoms with van der Waals surface area (Å²) in [4.78, 5) is 40.3. The number of aliphatic hydroxyl groups is 2. The van der Waals surface area contributed by atoms with Crippen LogP contribution in [0.4, 0.5) is 0 Å². The lowest BCUT2D eigenvalue weighted by molar-refractivity contribution is -0.345. The summed E-state index contributed by atoms with van der Waals surface area (Å²) in [7, 11) is 0. The number of epoxide rings is 1. The number of rotatable bonds is 5. The number of carbonyl (C=O) groups is 3. The quantitative estimate of drug-likeness (QED) is 0.373. The van der Waals surface area contributed by atoms with E-state index in [1.54, 1.807) is 12.5 Å². The number of ether oxygens (including phenoxy) is 4. The Morgan fingerprint density at radius 3 is 2.34 bits per heavy atom. The molecule has 0 radical (unpaired) electrons. The zero-order valence-corrected chi connectivity index (χ0v) is 26.7. The molecule has 4 saturated carbocycles. The summed E-state index contributed by atoms with van der Waals surface area (Å²) < 4.78 is 30.8. The van der Waals surface area contributed by atoms with Gasteiger partial charge in [-0.3, -0.25) is 14.4 Å². The second kappa shape index (κ2) is 9.39. The molecule has 0 aromatic carbocycles. The van der Waals surface area contributed by atoms with Gasteiger partial charge in [-0.15, -0.1) is 0 Å². The fourth-order valence-corrected chi connectivity index (χ4v) is 11.9. The molecule has 10 nitrogen and oxygen atoms in total. The summed E-state index contributed by atoms with van der Waals surface area (Å²) >= 11 is 0. The van der Waals surface area contributed by atoms with Crippen molar-refractivity contribution in [3.05, 3.63) is 24.2 Å². The van der Waals surface area contributed by atoms with Crippen LogP contribution >= 0.6 is 0 Å². The summed E-state index contributed by atoms with van der Waals surface area (Å²) in [5.74, 6) is -2.65. The van der Waals surface area contributed by atoms with Crippen LogP contribution in [-0.4, -0.2) is 76.8 Å². The van der Waals surface area contributed by atoms with Gasteiger partial charge >= 0.3 is 11.9 Å². The highest BCUT2D eigenvalue weighted by molar-refractivity contribution is 5.93. The monoisotopic (exact) mass is 614 g/mol. The largest absolute Gasteiger partial charge is 0.472 e. The smallest absolute Gasteiger partial charge is 0.303 e. The summed E-state index contributed by atoms with van der Waals surface area (Å²) in [5, 5.41) is 24.7. The first-order chi connectivity index (χ1) is 20.6. The highest BCUT2D eigenvalue weighted by atomic mass is 16.6. The van der Waals surface area contributed by atoms with Gasteiger partial charge in [0.1, 0.15) is 11.7 Å². The molecule has 44 heavy (non-hydrogen) atoms. The normalized spacial score (nSPS) is 52.0. The molecular weight excluding hydrogens is 568 g/mol. The topological polar surface area (TPSA) is 145 Å². The van der Waals surface area contributed by atoms with E-state index >= 15 is 4.79 Å². The molecule has 2 saturated heterocycles. The van der Waals surface area contributed by atoms with Crippen molar-refractivity contribution >= 4 is 17.7 Å². The fraction of sp³-hybridized carbons (Fsp3) is 0.794. The molecule has 3 heterocycles. The maximum Gasteiger partial charge on any atom is 0.303 e. The third-order valence-electron chi connectivity index (χ3n) is 13.5. The van der Waals surface area contributed by atoms with Crippen LogP contribution < -0.4 is 0 Å². The van der Waals surface area contributed by atoms with Crippen LogP contribution in [-0.2, 0) is 33.3 Å². The van der Waals surface area contributed by atoms with Crippen LogP contribution in [0.5, 0.6) is 0 Å². The molecule has 4 aliphatic carbocycles. The van der Waals surface area contributed by atoms with Crippen LogP contribution in [0, 0.1) is 39.4 Å². The van der Waals surface area contributed by atoms with Gasteiger partial charge in [-0.2, -0.15) is 0 Å². The van der Waals surface area contributed by atoms with E-state index in [4.69, 9.17) is 23.4 Å². The molecule has 6 fully saturated rings. The number of hydrogen-bond acceptors (Lipinski definition) is 10. The Kier molecular flexibility index (Phi) is 6.49. The highest BCUT2D eigenvalue weighted by Gasteiger charge is 2.92. The van der Waals surface area contributed by atoms with E-state index in [2.05, 4.69) is 13.8 Å². The van der Waals surface area contributed by atoms with Crippen molar-refractivity contribution < 1.29 is 48.0 Å². The van der Waals surface area contributed by atoms with Gasteiger partial charge in [-0.05, 0) is 42.7 Å². The molecule has 7 rings (SSSR count). The van der Waals surface area contributed by atoms with Crippen molar-refractivity contribution in [2.24, 2.45) is 39.4 Å². The molecule has 6 aliphatic rings. The highest BCUT2D eigenvalue weighted by Crippen LogP contribution is 2.83. The summed E-state index contributed by atoms with van der Waals surface area (Å²) in [6.45, 7) is 12.9. The SMILES string of the molecule is CC(=O)O[C@@H]1C[C@H](O)[C@@]23COC(CC(C)C)[C@]1(C)[C@@H]2C[C@@H](O)[C@]1(C)[C@@H]3C(=O)[C@H](OC(C)=O)[C@@]2(C)[C@H](c3ccoc3)C[C@H]3O[C@]321. The van der Waals surface area contributed by atoms with Gasteiger partial charge < -0.3 is 33.6 Å². The number of Topliss-reactive ketones (excluding diaryl/α,β-unsaturated/α-hetero) is 1. The van der Waals surface area contributed by atoms with Gasteiger partial charge in [-0.1, -0.05) is 34.6 Å². The number of carbonyl (C=O) groups excluding carboxylic acids is 3. The maximum atomic E-state index is 15.3. The van der Waals surface area contributed by atoms with E-state index in [1.165, 1.54) is 13.8 Å². The number of esters is 2. The second-order valence-corrected chi connectivity index (χ2v) is 15.6. The van der Waals surface area contributed by atoms with Gasteiger partial charge in [0.15, 0.2) is 11.9 Å². The van der Waals surface area contributed by atoms with Crippen molar-refractivity contribution in [1.82, 2.24) is 0 Å². The van der Waals surface area contributed by atoms with Gasteiger partial charge in [0, 0.05) is 48.3 Å². The Morgan fingerprint density at radius 1 is 1.02 bits per heavy atom. The van der Waals surface area contributed by atoms with Gasteiger partial charge in [0.2, 0.25) is 0 Å². The molecular formula is C34H46O10. The van der Waals surface area contributed by atoms with Crippen molar-refractivity contribution in [1.29, 1.82) is 0 Å². The molecule has 1 spiro atoms. The minimum Gasteiger partial charge on any atom is -0.472 e. The van der Waals surface area contributed by atoms with E-state index in [9.17, 15) is 19.8 Å². The van der Waals surface area contributed by atoms with E-state index in [1.807, 2.05) is 26.8 Å². The van der Waals surface area contributed by atoms with Crippen molar-refractivity contribution in [3.63, 3.8) is 0 Å². The average molecular weight is 615 g/mol. The first-order valence-corrected chi connectivity index (χ1v) is 16.2. The fourth-order valence-electron chi connectivity index (χ4n) is 11.9. The average Bonchev–Trinajstić information content (AvgIpc) is 3.29. The molecule has 2 bridgehead atoms. The number of aliphatic hydroxyl groups excluding tert-OH is 2. The Bertz CT molecular complexity index is 1370. The third-order valence-corrected chi connectivity index (χ3v) is 13.5. The zero-order valence-electron chi connectivity index (χ0n) is 26.7. The van der Waals surface area contributed by atoms with Crippen LogP contribution in [0.2, 0.25) is 0 Å². The predicted molar refractivity (Wildman–Crippen MR) is 154 cm³/mol. The molecule has 1 aromatic rings. The second-order valence-electron chi connectivity index (χ2n) is 15.6. The molecule has 14 atom stereocenters. The van der Waals surface area contributed by atoms with Crippen LogP contribution in [0.3, 0.4) is 0 Å². The predicted octanol–water partition coefficient (Wildman–Crippen LogP) is 3.56. The molecule has 1 unspecified atom stereocenters. The lowest BCUT2D eigenvalue weighted by Crippen LogP contribution is -2.82. The maximum absolute atomic E-state index is 15.3. The summed E-state index contributed by atoms with van der Waals surface area (Å²) in [6, 6.07) is 1.87. The Balaban J connectivity index is 1.43. The number of ketones is 1. The lowest BCUT2D eigenvalue weighted by Gasteiger charge is -2.73. The van der Waals surface area contributed by atoms with Gasteiger partial charge in [0.05, 0.1) is 49.0 Å². The van der Waals surface area contributed by atoms with E-state index in [0.29, 0.717) is 12.8 Å². The molecule has 0 amide bonds. The van der Waals surface area contributed by atoms with Gasteiger partial charge in [0.25, 0.3) is 0 Å². The Morgan fingerprint density at radius 2 is 1.73 bits per heavy atom. The van der Waals surface area contributed by atoms with E-state index in [0.717, 1.165) is 5.56 Å². The van der Waals surface area contributed by atoms with Crippen molar-refractivity contribution in [2.45, 2.75) is 122 Å². The van der Waals surface area contributed by atoms with E-state index in [-0.39, 0.29) is 49.3 Å². The minimum absolute atomic E-state index is 0.104. The zero-order chi connectivity index (χ0) is 31.8. The number of hydrogen-bond donors (Lipinski definition) is 2. The lowest BCUT2D eigenvalue weighted by atomic mass is 9.33. The Labute approximate surface area is 258 Å². The number of fused-ring (bicyclic) bond motifs is 1. The standard InChI is InChI=1S/C34H46O10/c1-16(2)10-24-30(5)21-12-22(37)32(7)28(33(21,15-41-24)23(38)13-25(30)42-17(3)35)27(39)29(43-18(4)36)31(6)20(19-8-9-40-14-19)11-26-34(31,32)44-26/h8-9,14,16,20-26,28-29,37-38H,10-13,15H2,1-7H3/t20-,21-,22+,23-,24?,25+,26+,28-,29-,30-,31+,32+,33+,34+/m0/s1. The first kappa shape index (κ1) is 30.4. The van der Waals surface area contributed by atoms with Crippen LogP contribution in [0.15, 0.2) is 23.0 Å². The van der Waals surface area contributed by atoms with Crippen LogP contribution in [0.25, 0.3) is 0 Å². The number of furan rings is 1. The first-order valence-electron chi connectivity index (χ1n) is 16.2. The van der Waals surface area contributed by atoms with E-state index < -0.39 is 75.5 Å². The molecule has 2 N–H and O–H groups in total. The third kappa shape index (κ3) is 3.33. The minimum atomic E-state index is -1.18. The molecule has 1 aromatic heterocycles. The van der Waals surface area contributed by atoms with Crippen LogP contribution in [0.1, 0.15) is 85.6 Å². The summed E-state index contributed by atoms with van der Waals surface area (Å²) in [6.07, 6.45) is 0.453. The van der Waals surface area contributed by atoms with Crippen molar-refractivity contribution in [3.8, 4) is 0 Å². The Hall–Kier alpha value is -2.27.